The van der Waals surface area contributed by atoms with E-state index in [1.54, 1.807) is 13.3 Å². The number of rotatable bonds is 8. The van der Waals surface area contributed by atoms with Crippen molar-refractivity contribution < 1.29 is 13.9 Å². The highest BCUT2D eigenvalue weighted by Crippen LogP contribution is 2.43. The number of nitriles is 1. The molecule has 0 amide bonds. The van der Waals surface area contributed by atoms with Gasteiger partial charge in [0.2, 0.25) is 5.88 Å². The number of ether oxygens (including phenoxy) is 2. The highest BCUT2D eigenvalue weighted by molar-refractivity contribution is 14.1. The average molecular weight is 717 g/mol. The second-order valence-corrected chi connectivity index (χ2v) is 11.6. The van der Waals surface area contributed by atoms with E-state index in [9.17, 15) is 5.26 Å². The number of nitrogens with zero attached hydrogens (tertiary/aromatic N) is 2. The first kappa shape index (κ1) is 28.7. The minimum Gasteiger partial charge on any atom is -0.493 e. The highest BCUT2D eigenvalue weighted by atomic mass is 127. The Hall–Kier alpha value is -3.87. The highest BCUT2D eigenvalue weighted by Gasteiger charge is 2.23. The molecule has 0 N–H and O–H groups in total. The molecule has 1 heterocycles. The minimum atomic E-state index is 0.253. The van der Waals surface area contributed by atoms with Gasteiger partial charge >= 0.3 is 0 Å². The molecule has 0 atom stereocenters. The van der Waals surface area contributed by atoms with E-state index in [0.29, 0.717) is 29.4 Å². The van der Waals surface area contributed by atoms with Crippen LogP contribution in [0.4, 0.5) is 5.88 Å². The quantitative estimate of drug-likeness (QED) is 0.118. The van der Waals surface area contributed by atoms with E-state index in [1.807, 2.05) is 98.8 Å². The van der Waals surface area contributed by atoms with E-state index in [1.165, 1.54) is 0 Å². The lowest BCUT2D eigenvalue weighted by molar-refractivity contribution is 0.282. The summed E-state index contributed by atoms with van der Waals surface area (Å²) >= 11 is 5.69. The summed E-state index contributed by atoms with van der Waals surface area (Å²) in [5.74, 6) is 2.12. The molecule has 0 aliphatic heterocycles. The lowest BCUT2D eigenvalue weighted by Crippen LogP contribution is -2.00. The Morgan fingerprint density at radius 3 is 2.17 bits per heavy atom. The van der Waals surface area contributed by atoms with Crippen molar-refractivity contribution in [2.24, 2.45) is 4.99 Å². The summed E-state index contributed by atoms with van der Waals surface area (Å²) in [4.78, 5) is 4.64. The standard InChI is InChI=1S/C34H26BrIN2O3/c1-21-4-10-25(11-5-21)31-28(18-37)34(41-32(31)26-12-6-22(2)7-13-26)38-19-24-16-29(36)33(30(17-24)39-3)40-20-23-8-14-27(35)15-9-23/h4-17,19H,20H2,1-3H3. The van der Waals surface area contributed by atoms with Gasteiger partial charge in [-0.3, -0.25) is 0 Å². The molecule has 0 aliphatic rings. The molecule has 7 heteroatoms. The summed E-state index contributed by atoms with van der Waals surface area (Å²) in [6, 6.07) is 30.3. The van der Waals surface area contributed by atoms with Crippen molar-refractivity contribution in [1.82, 2.24) is 0 Å². The summed E-state index contributed by atoms with van der Waals surface area (Å²) in [6.45, 7) is 4.48. The molecule has 0 fully saturated rings. The number of aliphatic imine (C=N–C) groups is 1. The number of hydrogen-bond acceptors (Lipinski definition) is 5. The maximum absolute atomic E-state index is 10.2. The number of benzene rings is 4. The molecule has 4 aromatic carbocycles. The Morgan fingerprint density at radius 1 is 0.927 bits per heavy atom. The van der Waals surface area contributed by atoms with Crippen LogP contribution in [0.1, 0.15) is 27.8 Å². The van der Waals surface area contributed by atoms with E-state index in [2.05, 4.69) is 49.6 Å². The van der Waals surface area contributed by atoms with E-state index in [-0.39, 0.29) is 5.88 Å². The first-order chi connectivity index (χ1) is 19.9. The van der Waals surface area contributed by atoms with Crippen LogP contribution in [0.3, 0.4) is 0 Å². The molecule has 0 saturated carbocycles. The Kier molecular flexibility index (Phi) is 8.91. The monoisotopic (exact) mass is 716 g/mol. The van der Waals surface area contributed by atoms with Gasteiger partial charge in [0.15, 0.2) is 11.5 Å². The van der Waals surface area contributed by atoms with Gasteiger partial charge in [-0.05, 0) is 77.4 Å². The topological polar surface area (TPSA) is 67.8 Å². The number of furan rings is 1. The van der Waals surface area contributed by atoms with Crippen LogP contribution in [0.2, 0.25) is 0 Å². The van der Waals surface area contributed by atoms with Crippen LogP contribution < -0.4 is 9.47 Å². The molecule has 5 nitrogen and oxygen atoms in total. The molecule has 1 aromatic heterocycles. The number of hydrogen-bond donors (Lipinski definition) is 0. The van der Waals surface area contributed by atoms with Gasteiger partial charge in [-0.15, -0.1) is 0 Å². The number of aryl methyl sites for hydroxylation is 2. The maximum Gasteiger partial charge on any atom is 0.238 e. The van der Waals surface area contributed by atoms with E-state index in [4.69, 9.17) is 13.9 Å². The molecule has 0 spiro atoms. The van der Waals surface area contributed by atoms with Crippen molar-refractivity contribution in [3.8, 4) is 40.0 Å². The molecule has 5 rings (SSSR count). The first-order valence-electron chi connectivity index (χ1n) is 12.9. The zero-order valence-corrected chi connectivity index (χ0v) is 26.5. The summed E-state index contributed by atoms with van der Waals surface area (Å²) in [7, 11) is 1.61. The van der Waals surface area contributed by atoms with Crippen LogP contribution in [0, 0.1) is 28.7 Å². The minimum absolute atomic E-state index is 0.253. The second kappa shape index (κ2) is 12.8. The smallest absolute Gasteiger partial charge is 0.238 e. The molecule has 41 heavy (non-hydrogen) atoms. The molecule has 204 valence electrons. The Labute approximate surface area is 261 Å². The fourth-order valence-corrected chi connectivity index (χ4v) is 5.39. The second-order valence-electron chi connectivity index (χ2n) is 9.54. The van der Waals surface area contributed by atoms with Crippen LogP contribution in [0.15, 0.2) is 98.8 Å². The van der Waals surface area contributed by atoms with E-state index >= 15 is 0 Å². The van der Waals surface area contributed by atoms with Crippen LogP contribution in [0.25, 0.3) is 22.5 Å². The third-order valence-corrected chi connectivity index (χ3v) is 7.86. The Morgan fingerprint density at radius 2 is 1.56 bits per heavy atom. The zero-order chi connectivity index (χ0) is 28.9. The van der Waals surface area contributed by atoms with Crippen LogP contribution in [0.5, 0.6) is 11.5 Å². The molecule has 5 aromatic rings. The van der Waals surface area contributed by atoms with Gasteiger partial charge in [0, 0.05) is 21.8 Å². The maximum atomic E-state index is 10.2. The lowest BCUT2D eigenvalue weighted by Gasteiger charge is -2.13. The summed E-state index contributed by atoms with van der Waals surface area (Å²) in [5.41, 5.74) is 7.01. The van der Waals surface area contributed by atoms with Gasteiger partial charge in [-0.2, -0.15) is 5.26 Å². The van der Waals surface area contributed by atoms with Gasteiger partial charge in [0.05, 0.1) is 10.7 Å². The molecular weight excluding hydrogens is 691 g/mol. The van der Waals surface area contributed by atoms with Crippen LogP contribution in [-0.2, 0) is 6.61 Å². The fraction of sp³-hybridized carbons (Fsp3) is 0.118. The molecule has 0 unspecified atom stereocenters. The largest absolute Gasteiger partial charge is 0.493 e. The van der Waals surface area contributed by atoms with Gasteiger partial charge in [0.1, 0.15) is 24.0 Å². The molecule has 0 radical (unpaired) electrons. The third kappa shape index (κ3) is 6.55. The van der Waals surface area contributed by atoms with Gasteiger partial charge in [-0.1, -0.05) is 87.7 Å². The molecule has 0 saturated heterocycles. The third-order valence-electron chi connectivity index (χ3n) is 6.53. The predicted molar refractivity (Wildman–Crippen MR) is 175 cm³/mol. The van der Waals surface area contributed by atoms with Crippen molar-refractivity contribution in [1.29, 1.82) is 5.26 Å². The summed E-state index contributed by atoms with van der Waals surface area (Å²) in [6.07, 6.45) is 1.68. The van der Waals surface area contributed by atoms with Crippen LogP contribution >= 0.6 is 38.5 Å². The van der Waals surface area contributed by atoms with Crippen molar-refractivity contribution in [3.63, 3.8) is 0 Å². The van der Waals surface area contributed by atoms with Crippen molar-refractivity contribution >= 4 is 50.6 Å². The Bertz CT molecular complexity index is 1750. The van der Waals surface area contributed by atoms with Crippen molar-refractivity contribution in [2.75, 3.05) is 7.11 Å². The van der Waals surface area contributed by atoms with Crippen molar-refractivity contribution in [3.05, 3.63) is 121 Å². The van der Waals surface area contributed by atoms with Gasteiger partial charge in [-0.25, -0.2) is 4.99 Å². The van der Waals surface area contributed by atoms with E-state index in [0.717, 1.165) is 47.0 Å². The predicted octanol–water partition coefficient (Wildman–Crippen LogP) is 9.81. The number of methoxy groups -OCH3 is 1. The summed E-state index contributed by atoms with van der Waals surface area (Å²) in [5, 5.41) is 10.2. The van der Waals surface area contributed by atoms with Crippen molar-refractivity contribution in [2.45, 2.75) is 20.5 Å². The number of halogens is 2. The molecular formula is C34H26BrIN2O3. The average Bonchev–Trinajstić information content (AvgIpc) is 3.35. The fourth-order valence-electron chi connectivity index (χ4n) is 4.34. The zero-order valence-electron chi connectivity index (χ0n) is 22.7. The SMILES string of the molecule is COc1cc(C=Nc2oc(-c3ccc(C)cc3)c(-c3ccc(C)cc3)c2C#N)cc(I)c1OCc1ccc(Br)cc1. The Balaban J connectivity index is 1.50. The summed E-state index contributed by atoms with van der Waals surface area (Å²) < 4.78 is 20.0. The molecule has 0 aliphatic carbocycles. The molecule has 0 bridgehead atoms. The van der Waals surface area contributed by atoms with Gasteiger partial charge < -0.3 is 13.9 Å². The first-order valence-corrected chi connectivity index (χ1v) is 14.7. The van der Waals surface area contributed by atoms with E-state index < -0.39 is 0 Å². The van der Waals surface area contributed by atoms with Gasteiger partial charge in [0.25, 0.3) is 0 Å². The van der Waals surface area contributed by atoms with Crippen LogP contribution in [-0.4, -0.2) is 13.3 Å². The normalized spacial score (nSPS) is 11.0. The lowest BCUT2D eigenvalue weighted by atomic mass is 9.97.